The minimum Gasteiger partial charge on any atom is -0.379 e. The van der Waals surface area contributed by atoms with E-state index in [1.165, 1.54) is 6.26 Å². The van der Waals surface area contributed by atoms with Crippen LogP contribution in [-0.4, -0.2) is 19.7 Å². The average molecular weight is 276 g/mol. The van der Waals surface area contributed by atoms with Gasteiger partial charge in [-0.1, -0.05) is 6.07 Å². The topological polar surface area (TPSA) is 59.1 Å². The van der Waals surface area contributed by atoms with Crippen molar-refractivity contribution in [1.29, 1.82) is 0 Å². The maximum absolute atomic E-state index is 11.3. The minimum atomic E-state index is -3.13. The summed E-state index contributed by atoms with van der Waals surface area (Å²) in [4.78, 5) is 4.71. The largest absolute Gasteiger partial charge is 0.379 e. The van der Waals surface area contributed by atoms with E-state index in [2.05, 4.69) is 10.3 Å². The summed E-state index contributed by atoms with van der Waals surface area (Å²) in [5.41, 5.74) is 2.80. The molecule has 0 spiro atoms. The Kier molecular flexibility index (Phi) is 3.85. The molecule has 1 heterocycles. The van der Waals surface area contributed by atoms with Crippen molar-refractivity contribution in [2.45, 2.75) is 18.4 Å². The Morgan fingerprint density at radius 3 is 2.37 bits per heavy atom. The quantitative estimate of drug-likeness (QED) is 0.931. The van der Waals surface area contributed by atoms with Crippen molar-refractivity contribution in [3.8, 4) is 0 Å². The van der Waals surface area contributed by atoms with E-state index in [0.717, 1.165) is 17.1 Å². The van der Waals surface area contributed by atoms with Crippen LogP contribution in [0.3, 0.4) is 0 Å². The van der Waals surface area contributed by atoms with Gasteiger partial charge in [-0.15, -0.1) is 0 Å². The number of nitrogens with zero attached hydrogens (tertiary/aromatic N) is 1. The SMILES string of the molecule is Cc1cccc(CNc2ccc(S(C)(=O)=O)cc2)n1. The zero-order valence-corrected chi connectivity index (χ0v) is 11.7. The van der Waals surface area contributed by atoms with Gasteiger partial charge in [0.25, 0.3) is 0 Å². The van der Waals surface area contributed by atoms with Crippen LogP contribution in [0.1, 0.15) is 11.4 Å². The number of sulfone groups is 1. The van der Waals surface area contributed by atoms with E-state index >= 15 is 0 Å². The third kappa shape index (κ3) is 3.79. The lowest BCUT2D eigenvalue weighted by Crippen LogP contribution is -2.03. The van der Waals surface area contributed by atoms with E-state index in [1.807, 2.05) is 25.1 Å². The van der Waals surface area contributed by atoms with Crippen LogP contribution in [0, 0.1) is 6.92 Å². The van der Waals surface area contributed by atoms with Crippen molar-refractivity contribution in [3.05, 3.63) is 53.9 Å². The Labute approximate surface area is 113 Å². The van der Waals surface area contributed by atoms with Crippen molar-refractivity contribution in [1.82, 2.24) is 4.98 Å². The number of rotatable bonds is 4. The van der Waals surface area contributed by atoms with Crippen molar-refractivity contribution in [2.75, 3.05) is 11.6 Å². The summed E-state index contributed by atoms with van der Waals surface area (Å²) in [6.45, 7) is 2.56. The van der Waals surface area contributed by atoms with Gasteiger partial charge in [-0.05, 0) is 43.3 Å². The molecule has 1 N–H and O–H groups in total. The zero-order chi connectivity index (χ0) is 13.9. The smallest absolute Gasteiger partial charge is 0.175 e. The van der Waals surface area contributed by atoms with Crippen LogP contribution in [0.5, 0.6) is 0 Å². The van der Waals surface area contributed by atoms with Gasteiger partial charge in [0.2, 0.25) is 0 Å². The van der Waals surface area contributed by atoms with Crippen LogP contribution < -0.4 is 5.32 Å². The van der Waals surface area contributed by atoms with E-state index in [-0.39, 0.29) is 0 Å². The molecule has 0 aliphatic heterocycles. The number of pyridine rings is 1. The second kappa shape index (κ2) is 5.40. The number of hydrogen-bond acceptors (Lipinski definition) is 4. The number of hydrogen-bond donors (Lipinski definition) is 1. The van der Waals surface area contributed by atoms with Crippen LogP contribution in [0.15, 0.2) is 47.4 Å². The van der Waals surface area contributed by atoms with Crippen LogP contribution in [0.2, 0.25) is 0 Å². The number of nitrogens with one attached hydrogen (secondary N) is 1. The molecular formula is C14H16N2O2S. The van der Waals surface area contributed by atoms with Gasteiger partial charge in [-0.3, -0.25) is 4.98 Å². The summed E-state index contributed by atoms with van der Waals surface area (Å²) in [6.07, 6.45) is 1.20. The first-order valence-electron chi connectivity index (χ1n) is 5.92. The Morgan fingerprint density at radius 2 is 1.79 bits per heavy atom. The second-order valence-corrected chi connectivity index (χ2v) is 6.44. The summed E-state index contributed by atoms with van der Waals surface area (Å²) < 4.78 is 22.7. The predicted molar refractivity (Wildman–Crippen MR) is 75.9 cm³/mol. The van der Waals surface area contributed by atoms with Crippen molar-refractivity contribution in [2.24, 2.45) is 0 Å². The molecule has 0 saturated heterocycles. The lowest BCUT2D eigenvalue weighted by molar-refractivity contribution is 0.602. The van der Waals surface area contributed by atoms with Crippen molar-refractivity contribution < 1.29 is 8.42 Å². The highest BCUT2D eigenvalue weighted by molar-refractivity contribution is 7.90. The van der Waals surface area contributed by atoms with E-state index in [4.69, 9.17) is 0 Å². The molecule has 2 rings (SSSR count). The van der Waals surface area contributed by atoms with Gasteiger partial charge in [0.1, 0.15) is 0 Å². The lowest BCUT2D eigenvalue weighted by atomic mass is 10.3. The van der Waals surface area contributed by atoms with Crippen molar-refractivity contribution in [3.63, 3.8) is 0 Å². The summed E-state index contributed by atoms with van der Waals surface area (Å²) >= 11 is 0. The van der Waals surface area contributed by atoms with E-state index in [1.54, 1.807) is 24.3 Å². The Balaban J connectivity index is 2.05. The van der Waals surface area contributed by atoms with Gasteiger partial charge in [0, 0.05) is 17.6 Å². The number of aromatic nitrogens is 1. The molecule has 100 valence electrons. The van der Waals surface area contributed by atoms with Crippen LogP contribution in [0.25, 0.3) is 0 Å². The van der Waals surface area contributed by atoms with E-state index in [0.29, 0.717) is 11.4 Å². The van der Waals surface area contributed by atoms with E-state index < -0.39 is 9.84 Å². The Bertz CT molecular complexity index is 664. The Hall–Kier alpha value is -1.88. The minimum absolute atomic E-state index is 0.326. The summed E-state index contributed by atoms with van der Waals surface area (Å²) in [6, 6.07) is 12.6. The first-order chi connectivity index (χ1) is 8.95. The first kappa shape index (κ1) is 13.5. The highest BCUT2D eigenvalue weighted by atomic mass is 32.2. The fourth-order valence-electron chi connectivity index (χ4n) is 1.71. The molecule has 0 bridgehead atoms. The molecule has 4 nitrogen and oxygen atoms in total. The molecule has 1 aromatic carbocycles. The molecule has 1 aromatic heterocycles. The zero-order valence-electron chi connectivity index (χ0n) is 10.9. The molecule has 0 aliphatic rings. The summed E-state index contributed by atoms with van der Waals surface area (Å²) in [5.74, 6) is 0. The first-order valence-corrected chi connectivity index (χ1v) is 7.81. The monoisotopic (exact) mass is 276 g/mol. The number of benzene rings is 1. The standard InChI is InChI=1S/C14H16N2O2S/c1-11-4-3-5-13(16-11)10-15-12-6-8-14(9-7-12)19(2,17)18/h3-9,15H,10H2,1-2H3. The fourth-order valence-corrected chi connectivity index (χ4v) is 2.34. The number of anilines is 1. The molecule has 0 amide bonds. The molecule has 0 radical (unpaired) electrons. The van der Waals surface area contributed by atoms with Crippen LogP contribution in [-0.2, 0) is 16.4 Å². The summed E-state index contributed by atoms with van der Waals surface area (Å²) in [5, 5.41) is 3.21. The molecule has 19 heavy (non-hydrogen) atoms. The van der Waals surface area contributed by atoms with Crippen LogP contribution in [0.4, 0.5) is 5.69 Å². The third-order valence-electron chi connectivity index (χ3n) is 2.70. The molecular weight excluding hydrogens is 260 g/mol. The van der Waals surface area contributed by atoms with Gasteiger partial charge < -0.3 is 5.32 Å². The fraction of sp³-hybridized carbons (Fsp3) is 0.214. The number of aryl methyl sites for hydroxylation is 1. The average Bonchev–Trinajstić information content (AvgIpc) is 2.36. The van der Waals surface area contributed by atoms with Crippen LogP contribution >= 0.6 is 0 Å². The molecule has 0 atom stereocenters. The maximum atomic E-state index is 11.3. The summed E-state index contributed by atoms with van der Waals surface area (Å²) in [7, 11) is -3.13. The molecule has 0 fully saturated rings. The molecule has 2 aromatic rings. The van der Waals surface area contributed by atoms with Gasteiger partial charge in [-0.2, -0.15) is 0 Å². The molecule has 5 heteroatoms. The highest BCUT2D eigenvalue weighted by Crippen LogP contribution is 2.14. The second-order valence-electron chi connectivity index (χ2n) is 4.42. The van der Waals surface area contributed by atoms with Gasteiger partial charge >= 0.3 is 0 Å². The highest BCUT2D eigenvalue weighted by Gasteiger charge is 2.05. The van der Waals surface area contributed by atoms with Crippen molar-refractivity contribution >= 4 is 15.5 Å². The molecule has 0 aliphatic carbocycles. The van der Waals surface area contributed by atoms with E-state index in [9.17, 15) is 8.42 Å². The normalized spacial score (nSPS) is 11.3. The van der Waals surface area contributed by atoms with Gasteiger partial charge in [-0.25, -0.2) is 8.42 Å². The molecule has 0 saturated carbocycles. The lowest BCUT2D eigenvalue weighted by Gasteiger charge is -2.07. The van der Waals surface area contributed by atoms with Gasteiger partial charge in [0.05, 0.1) is 17.1 Å². The maximum Gasteiger partial charge on any atom is 0.175 e. The Morgan fingerprint density at radius 1 is 1.11 bits per heavy atom. The van der Waals surface area contributed by atoms with Gasteiger partial charge in [0.15, 0.2) is 9.84 Å². The molecule has 0 unspecified atom stereocenters. The predicted octanol–water partition coefficient (Wildman–Crippen LogP) is 2.41. The third-order valence-corrected chi connectivity index (χ3v) is 3.83.